The fourth-order valence-electron chi connectivity index (χ4n) is 4.26. The molecule has 7 nitrogen and oxygen atoms in total. The predicted molar refractivity (Wildman–Crippen MR) is 124 cm³/mol. The number of hydrogen-bond acceptors (Lipinski definition) is 4. The van der Waals surface area contributed by atoms with Crippen molar-refractivity contribution in [3.63, 3.8) is 0 Å². The number of halogens is 1. The molecule has 2 aromatic heterocycles. The minimum atomic E-state index is -0.115. The summed E-state index contributed by atoms with van der Waals surface area (Å²) in [6, 6.07) is 7.85. The third-order valence-electron chi connectivity index (χ3n) is 6.04. The lowest BCUT2D eigenvalue weighted by atomic mass is 9.86. The van der Waals surface area contributed by atoms with Crippen LogP contribution in [0.5, 0.6) is 0 Å². The van der Waals surface area contributed by atoms with Gasteiger partial charge in [-0.05, 0) is 30.0 Å². The molecule has 1 amide bonds. The molecule has 1 N–H and O–H groups in total. The number of fused-ring (bicyclic) bond motifs is 1. The molecule has 0 bridgehead atoms. The van der Waals surface area contributed by atoms with Gasteiger partial charge in [-0.15, -0.1) is 0 Å². The van der Waals surface area contributed by atoms with Gasteiger partial charge in [0.1, 0.15) is 11.7 Å². The molecule has 8 heteroatoms. The van der Waals surface area contributed by atoms with Crippen LogP contribution in [-0.4, -0.2) is 31.8 Å². The standard InChI is InChI=1S/C23H28BrN5O2/c24-19-9-6-18(7-10-19)15-28-16-26-22-20(23(28)31)14-27-29(22)13-12-25-21(30)11-8-17-4-2-1-3-5-17/h6-7,9-10,14,16-17H,1-5,8,11-13,15H2,(H,25,30). The van der Waals surface area contributed by atoms with E-state index < -0.39 is 0 Å². The van der Waals surface area contributed by atoms with Crippen LogP contribution in [0, 0.1) is 5.92 Å². The van der Waals surface area contributed by atoms with Gasteiger partial charge in [-0.2, -0.15) is 5.10 Å². The van der Waals surface area contributed by atoms with Crippen molar-refractivity contribution in [2.24, 2.45) is 5.92 Å². The third-order valence-corrected chi connectivity index (χ3v) is 6.57. The first-order chi connectivity index (χ1) is 15.1. The van der Waals surface area contributed by atoms with Gasteiger partial charge in [0.15, 0.2) is 5.65 Å². The lowest BCUT2D eigenvalue weighted by Gasteiger charge is -2.20. The average Bonchev–Trinajstić information content (AvgIpc) is 3.20. The van der Waals surface area contributed by atoms with Crippen LogP contribution in [0.2, 0.25) is 0 Å². The van der Waals surface area contributed by atoms with Crippen molar-refractivity contribution in [3.05, 3.63) is 57.2 Å². The summed E-state index contributed by atoms with van der Waals surface area (Å²) >= 11 is 3.42. The van der Waals surface area contributed by atoms with E-state index in [1.165, 1.54) is 32.1 Å². The maximum atomic E-state index is 12.8. The number of nitrogens with zero attached hydrogens (tertiary/aromatic N) is 4. The second-order valence-electron chi connectivity index (χ2n) is 8.30. The first kappa shape index (κ1) is 21.7. The van der Waals surface area contributed by atoms with Crippen LogP contribution in [-0.2, 0) is 17.9 Å². The average molecular weight is 486 g/mol. The molecule has 2 heterocycles. The Morgan fingerprint density at radius 2 is 1.94 bits per heavy atom. The summed E-state index contributed by atoms with van der Waals surface area (Å²) in [6.45, 7) is 1.42. The monoisotopic (exact) mass is 485 g/mol. The molecule has 4 rings (SSSR count). The molecule has 0 atom stereocenters. The van der Waals surface area contributed by atoms with Crippen LogP contribution in [0.3, 0.4) is 0 Å². The van der Waals surface area contributed by atoms with Crippen molar-refractivity contribution in [2.45, 2.75) is 58.0 Å². The van der Waals surface area contributed by atoms with E-state index in [2.05, 4.69) is 31.3 Å². The molecule has 0 unspecified atom stereocenters. The van der Waals surface area contributed by atoms with Crippen LogP contribution in [0.4, 0.5) is 0 Å². The summed E-state index contributed by atoms with van der Waals surface area (Å²) in [5.41, 5.74) is 1.46. The summed E-state index contributed by atoms with van der Waals surface area (Å²) in [5.74, 6) is 0.796. The Morgan fingerprint density at radius 3 is 2.71 bits per heavy atom. The largest absolute Gasteiger partial charge is 0.354 e. The Labute approximate surface area is 190 Å². The van der Waals surface area contributed by atoms with Gasteiger partial charge in [0.25, 0.3) is 5.56 Å². The summed E-state index contributed by atoms with van der Waals surface area (Å²) in [5, 5.41) is 7.78. The lowest BCUT2D eigenvalue weighted by Crippen LogP contribution is -2.28. The molecule has 0 radical (unpaired) electrons. The maximum Gasteiger partial charge on any atom is 0.264 e. The van der Waals surface area contributed by atoms with Gasteiger partial charge >= 0.3 is 0 Å². The Morgan fingerprint density at radius 1 is 1.16 bits per heavy atom. The molecule has 0 saturated heterocycles. The number of nitrogens with one attached hydrogen (secondary N) is 1. The van der Waals surface area contributed by atoms with Crippen molar-refractivity contribution in [3.8, 4) is 0 Å². The maximum absolute atomic E-state index is 12.8. The summed E-state index contributed by atoms with van der Waals surface area (Å²) in [7, 11) is 0. The molecule has 1 fully saturated rings. The molecule has 1 saturated carbocycles. The quantitative estimate of drug-likeness (QED) is 0.524. The molecular formula is C23H28BrN5O2. The fourth-order valence-corrected chi connectivity index (χ4v) is 4.53. The van der Waals surface area contributed by atoms with Crippen LogP contribution in [0.1, 0.15) is 50.5 Å². The normalized spacial score (nSPS) is 14.7. The van der Waals surface area contributed by atoms with E-state index in [4.69, 9.17) is 0 Å². The molecule has 164 valence electrons. The number of carbonyl (C=O) groups is 1. The van der Waals surface area contributed by atoms with Crippen LogP contribution >= 0.6 is 15.9 Å². The summed E-state index contributed by atoms with van der Waals surface area (Å²) in [4.78, 5) is 29.4. The highest BCUT2D eigenvalue weighted by molar-refractivity contribution is 9.10. The first-order valence-corrected chi connectivity index (χ1v) is 11.8. The molecule has 1 aliphatic carbocycles. The van der Waals surface area contributed by atoms with Crippen molar-refractivity contribution in [1.82, 2.24) is 24.6 Å². The summed E-state index contributed by atoms with van der Waals surface area (Å²) < 4.78 is 4.27. The molecule has 0 aliphatic heterocycles. The summed E-state index contributed by atoms with van der Waals surface area (Å²) in [6.07, 6.45) is 11.2. The zero-order valence-corrected chi connectivity index (χ0v) is 19.2. The van der Waals surface area contributed by atoms with Gasteiger partial charge in [0.05, 0.1) is 19.3 Å². The zero-order valence-electron chi connectivity index (χ0n) is 17.6. The number of hydrogen-bond donors (Lipinski definition) is 1. The highest BCUT2D eigenvalue weighted by Gasteiger charge is 2.15. The molecule has 31 heavy (non-hydrogen) atoms. The zero-order chi connectivity index (χ0) is 21.6. The van der Waals surface area contributed by atoms with Crippen LogP contribution in [0.15, 0.2) is 46.1 Å². The Kier molecular flexibility index (Phi) is 7.17. The Balaban J connectivity index is 1.32. The number of rotatable bonds is 8. The number of aromatic nitrogens is 4. The van der Waals surface area contributed by atoms with E-state index >= 15 is 0 Å². The second kappa shape index (κ2) is 10.2. The minimum absolute atomic E-state index is 0.0897. The van der Waals surface area contributed by atoms with Crippen LogP contribution in [0.25, 0.3) is 11.0 Å². The van der Waals surface area contributed by atoms with Gasteiger partial charge in [-0.3, -0.25) is 14.2 Å². The van der Waals surface area contributed by atoms with Crippen molar-refractivity contribution in [2.75, 3.05) is 6.54 Å². The van der Waals surface area contributed by atoms with Crippen LogP contribution < -0.4 is 10.9 Å². The second-order valence-corrected chi connectivity index (χ2v) is 9.22. The third kappa shape index (κ3) is 5.61. The number of benzene rings is 1. The van der Waals surface area contributed by atoms with Crippen molar-refractivity contribution in [1.29, 1.82) is 0 Å². The van der Waals surface area contributed by atoms with E-state index in [-0.39, 0.29) is 11.5 Å². The smallest absolute Gasteiger partial charge is 0.264 e. The molecule has 1 aliphatic rings. The Bertz CT molecular complexity index is 1080. The molecule has 1 aromatic carbocycles. The van der Waals surface area contributed by atoms with Crippen molar-refractivity contribution < 1.29 is 4.79 Å². The van der Waals surface area contributed by atoms with Gasteiger partial charge in [-0.1, -0.05) is 60.2 Å². The van der Waals surface area contributed by atoms with Gasteiger partial charge < -0.3 is 5.32 Å². The van der Waals surface area contributed by atoms with Crippen molar-refractivity contribution >= 4 is 32.9 Å². The number of amides is 1. The molecule has 0 spiro atoms. The van der Waals surface area contributed by atoms with E-state index in [9.17, 15) is 9.59 Å². The van der Waals surface area contributed by atoms with Gasteiger partial charge in [0, 0.05) is 17.4 Å². The van der Waals surface area contributed by atoms with Gasteiger partial charge in [-0.25, -0.2) is 9.67 Å². The lowest BCUT2D eigenvalue weighted by molar-refractivity contribution is -0.121. The topological polar surface area (TPSA) is 81.8 Å². The Hall–Kier alpha value is -2.48. The predicted octanol–water partition coefficient (Wildman–Crippen LogP) is 3.88. The molecule has 3 aromatic rings. The highest BCUT2D eigenvalue weighted by Crippen LogP contribution is 2.27. The fraction of sp³-hybridized carbons (Fsp3) is 0.478. The van der Waals surface area contributed by atoms with E-state index in [1.807, 2.05) is 24.3 Å². The highest BCUT2D eigenvalue weighted by atomic mass is 79.9. The van der Waals surface area contributed by atoms with Gasteiger partial charge in [0.2, 0.25) is 5.91 Å². The molecular weight excluding hydrogens is 458 g/mol. The van der Waals surface area contributed by atoms with E-state index in [0.29, 0.717) is 43.0 Å². The first-order valence-electron chi connectivity index (χ1n) is 11.0. The SMILES string of the molecule is O=C(CCC1CCCCC1)NCCn1ncc2c(=O)n(Cc3ccc(Br)cc3)cnc21. The number of carbonyl (C=O) groups excluding carboxylic acids is 1. The van der Waals surface area contributed by atoms with E-state index in [1.54, 1.807) is 21.8 Å². The minimum Gasteiger partial charge on any atom is -0.354 e. The van der Waals surface area contributed by atoms with E-state index in [0.717, 1.165) is 16.5 Å².